The van der Waals surface area contributed by atoms with Gasteiger partial charge in [0.25, 0.3) is 0 Å². The maximum Gasteiger partial charge on any atom is 0.237 e. The van der Waals surface area contributed by atoms with E-state index in [1.54, 1.807) is 24.3 Å². The van der Waals surface area contributed by atoms with Gasteiger partial charge in [-0.2, -0.15) is 0 Å². The van der Waals surface area contributed by atoms with E-state index in [-0.39, 0.29) is 23.0 Å². The number of carbonyl (C=O) groups excluding carboxylic acids is 2. The fraction of sp³-hybridized carbons (Fsp3) is 0.333. The number of nitrogens with zero attached hydrogens (tertiary/aromatic N) is 2. The van der Waals surface area contributed by atoms with Gasteiger partial charge in [0.1, 0.15) is 0 Å². The predicted molar refractivity (Wildman–Crippen MR) is 112 cm³/mol. The third-order valence-electron chi connectivity index (χ3n) is 7.05. The van der Waals surface area contributed by atoms with Gasteiger partial charge in [0.05, 0.1) is 27.8 Å². The van der Waals surface area contributed by atoms with Gasteiger partial charge in [-0.3, -0.25) is 9.59 Å². The maximum atomic E-state index is 13.7. The monoisotopic (exact) mass is 385 g/mol. The van der Waals surface area contributed by atoms with E-state index in [2.05, 4.69) is 19.2 Å². The summed E-state index contributed by atoms with van der Waals surface area (Å²) in [6.45, 7) is 5.86. The van der Waals surface area contributed by atoms with Crippen molar-refractivity contribution in [1.29, 1.82) is 0 Å². The Labute approximate surface area is 169 Å². The Morgan fingerprint density at radius 1 is 1.00 bits per heavy atom. The Balaban J connectivity index is 1.59. The third-order valence-corrected chi connectivity index (χ3v) is 7.05. The lowest BCUT2D eigenvalue weighted by Crippen LogP contribution is -2.46. The number of ketones is 1. The number of carbonyl (C=O) groups is 2. The van der Waals surface area contributed by atoms with Crippen LogP contribution in [-0.4, -0.2) is 21.7 Å². The molecule has 146 valence electrons. The van der Waals surface area contributed by atoms with E-state index in [1.807, 2.05) is 24.3 Å². The lowest BCUT2D eigenvalue weighted by atomic mass is 9.67. The fourth-order valence-electron chi connectivity index (χ4n) is 5.35. The van der Waals surface area contributed by atoms with E-state index in [1.165, 1.54) is 6.92 Å². The SMILES string of the molecule is CC(=O)c1ccc(NC(=O)C23CCC(c4nc5ccccc5nc42)C3(C)C)cc1. The number of anilines is 1. The second-order valence-electron chi connectivity index (χ2n) is 8.75. The number of fused-ring (bicyclic) bond motifs is 6. The summed E-state index contributed by atoms with van der Waals surface area (Å²) in [7, 11) is 0. The Bertz CT molecular complexity index is 1170. The van der Waals surface area contributed by atoms with E-state index in [0.717, 1.165) is 35.3 Å². The highest BCUT2D eigenvalue weighted by Gasteiger charge is 2.67. The minimum Gasteiger partial charge on any atom is -0.325 e. The molecule has 2 bridgehead atoms. The standard InChI is InChI=1S/C24H23N3O2/c1-14(28)15-8-10-16(11-9-15)25-22(29)24-13-12-17(23(24,2)3)20-21(24)27-19-7-5-4-6-18(19)26-20/h4-11,17H,12-13H2,1-3H3,(H,25,29). The van der Waals surface area contributed by atoms with Gasteiger partial charge in [0.15, 0.2) is 5.78 Å². The zero-order valence-electron chi connectivity index (χ0n) is 16.8. The van der Waals surface area contributed by atoms with Crippen LogP contribution in [0.15, 0.2) is 48.5 Å². The van der Waals surface area contributed by atoms with Crippen LogP contribution in [0.1, 0.15) is 61.3 Å². The first-order valence-corrected chi connectivity index (χ1v) is 10.0. The Kier molecular flexibility index (Phi) is 3.69. The molecule has 0 aliphatic heterocycles. The van der Waals surface area contributed by atoms with Crippen molar-refractivity contribution in [3.8, 4) is 0 Å². The van der Waals surface area contributed by atoms with Crippen LogP contribution in [-0.2, 0) is 10.2 Å². The molecule has 2 unspecified atom stereocenters. The number of rotatable bonds is 3. The third kappa shape index (κ3) is 2.33. The van der Waals surface area contributed by atoms with Gasteiger partial charge in [-0.25, -0.2) is 9.97 Å². The van der Waals surface area contributed by atoms with Crippen LogP contribution >= 0.6 is 0 Å². The average molecular weight is 385 g/mol. The van der Waals surface area contributed by atoms with Crippen LogP contribution in [0.2, 0.25) is 0 Å². The lowest BCUT2D eigenvalue weighted by Gasteiger charge is -2.36. The van der Waals surface area contributed by atoms with Crippen molar-refractivity contribution >= 4 is 28.4 Å². The topological polar surface area (TPSA) is 72.0 Å². The summed E-state index contributed by atoms with van der Waals surface area (Å²) in [4.78, 5) is 35.1. The molecule has 1 heterocycles. The molecule has 5 nitrogen and oxygen atoms in total. The minimum atomic E-state index is -0.705. The van der Waals surface area contributed by atoms with Gasteiger partial charge in [0.2, 0.25) is 5.91 Å². The largest absolute Gasteiger partial charge is 0.325 e. The summed E-state index contributed by atoms with van der Waals surface area (Å²) >= 11 is 0. The van der Waals surface area contributed by atoms with Crippen LogP contribution in [0.25, 0.3) is 11.0 Å². The lowest BCUT2D eigenvalue weighted by molar-refractivity contribution is -0.124. The Hall–Kier alpha value is -3.08. The maximum absolute atomic E-state index is 13.7. The second-order valence-corrected chi connectivity index (χ2v) is 8.75. The van der Waals surface area contributed by atoms with Crippen LogP contribution in [0.5, 0.6) is 0 Å². The highest BCUT2D eigenvalue weighted by molar-refractivity contribution is 6.02. The molecule has 1 amide bonds. The summed E-state index contributed by atoms with van der Waals surface area (Å²) in [6.07, 6.45) is 1.70. The first-order chi connectivity index (χ1) is 13.8. The molecule has 2 aromatic carbocycles. The molecule has 0 radical (unpaired) electrons. The number of para-hydroxylation sites is 2. The highest BCUT2D eigenvalue weighted by Crippen LogP contribution is 2.67. The summed E-state index contributed by atoms with van der Waals surface area (Å²) in [6, 6.07) is 14.9. The molecule has 0 spiro atoms. The van der Waals surface area contributed by atoms with E-state index >= 15 is 0 Å². The van der Waals surface area contributed by atoms with Crippen molar-refractivity contribution in [3.05, 3.63) is 65.5 Å². The Morgan fingerprint density at radius 3 is 2.31 bits per heavy atom. The number of aromatic nitrogens is 2. The Morgan fingerprint density at radius 2 is 1.66 bits per heavy atom. The van der Waals surface area contributed by atoms with E-state index < -0.39 is 5.41 Å². The van der Waals surface area contributed by atoms with E-state index in [0.29, 0.717) is 11.3 Å². The van der Waals surface area contributed by atoms with Crippen molar-refractivity contribution in [2.45, 2.75) is 44.9 Å². The zero-order valence-corrected chi connectivity index (χ0v) is 16.8. The molecule has 2 aliphatic rings. The number of nitrogens with one attached hydrogen (secondary N) is 1. The van der Waals surface area contributed by atoms with E-state index in [4.69, 9.17) is 9.97 Å². The van der Waals surface area contributed by atoms with Crippen molar-refractivity contribution in [2.24, 2.45) is 5.41 Å². The molecule has 1 saturated carbocycles. The number of hydrogen-bond donors (Lipinski definition) is 1. The smallest absolute Gasteiger partial charge is 0.237 e. The minimum absolute atomic E-state index is 0.00751. The van der Waals surface area contributed by atoms with Gasteiger partial charge in [-0.05, 0) is 61.6 Å². The highest BCUT2D eigenvalue weighted by atomic mass is 16.2. The zero-order chi connectivity index (χ0) is 20.4. The molecule has 5 rings (SSSR count). The quantitative estimate of drug-likeness (QED) is 0.668. The van der Waals surface area contributed by atoms with Gasteiger partial charge in [0, 0.05) is 17.2 Å². The predicted octanol–water partition coefficient (Wildman–Crippen LogP) is 4.63. The molecule has 5 heteroatoms. The number of amides is 1. The van der Waals surface area contributed by atoms with Gasteiger partial charge in [-0.1, -0.05) is 26.0 Å². The first kappa shape index (κ1) is 18.0. The molecule has 2 aliphatic carbocycles. The molecule has 29 heavy (non-hydrogen) atoms. The summed E-state index contributed by atoms with van der Waals surface area (Å²) in [5.74, 6) is 0.192. The first-order valence-electron chi connectivity index (χ1n) is 10.0. The van der Waals surface area contributed by atoms with Crippen LogP contribution in [0, 0.1) is 5.41 Å². The van der Waals surface area contributed by atoms with Crippen LogP contribution in [0.3, 0.4) is 0 Å². The van der Waals surface area contributed by atoms with Crippen LogP contribution < -0.4 is 5.32 Å². The van der Waals surface area contributed by atoms with Gasteiger partial charge < -0.3 is 5.32 Å². The van der Waals surface area contributed by atoms with Crippen molar-refractivity contribution in [1.82, 2.24) is 9.97 Å². The molecular formula is C24H23N3O2. The van der Waals surface area contributed by atoms with Crippen molar-refractivity contribution in [3.63, 3.8) is 0 Å². The summed E-state index contributed by atoms with van der Waals surface area (Å²) in [5, 5.41) is 3.09. The normalized spacial score (nSPS) is 23.8. The molecular weight excluding hydrogens is 362 g/mol. The van der Waals surface area contributed by atoms with Crippen molar-refractivity contribution < 1.29 is 9.59 Å². The molecule has 1 aromatic heterocycles. The van der Waals surface area contributed by atoms with Crippen molar-refractivity contribution in [2.75, 3.05) is 5.32 Å². The van der Waals surface area contributed by atoms with Gasteiger partial charge >= 0.3 is 0 Å². The fourth-order valence-corrected chi connectivity index (χ4v) is 5.35. The molecule has 2 atom stereocenters. The summed E-state index contributed by atoms with van der Waals surface area (Å²) < 4.78 is 0. The van der Waals surface area contributed by atoms with E-state index in [9.17, 15) is 9.59 Å². The number of Topliss-reactive ketones (excluding diaryl/α,β-unsaturated/α-hetero) is 1. The molecule has 0 saturated heterocycles. The second kappa shape index (κ2) is 5.96. The molecule has 1 fully saturated rings. The average Bonchev–Trinajstić information content (AvgIpc) is 3.08. The van der Waals surface area contributed by atoms with Gasteiger partial charge in [-0.15, -0.1) is 0 Å². The summed E-state index contributed by atoms with van der Waals surface area (Å²) in [5.41, 5.74) is 3.86. The number of benzene rings is 2. The molecule has 1 N–H and O–H groups in total. The van der Waals surface area contributed by atoms with Crippen LogP contribution in [0.4, 0.5) is 5.69 Å². The number of hydrogen-bond acceptors (Lipinski definition) is 4. The molecule has 3 aromatic rings.